The second kappa shape index (κ2) is 6.98. The molecule has 0 aromatic heterocycles. The van der Waals surface area contributed by atoms with E-state index in [0.717, 1.165) is 0 Å². The number of likely N-dealkylation sites (tertiary alicyclic amines) is 1. The maximum absolute atomic E-state index is 12.6. The predicted octanol–water partition coefficient (Wildman–Crippen LogP) is 1.72. The van der Waals surface area contributed by atoms with Gasteiger partial charge in [0, 0.05) is 6.54 Å². The molecule has 1 aromatic rings. The quantitative estimate of drug-likeness (QED) is 0.851. The lowest BCUT2D eigenvalue weighted by molar-refractivity contribution is -0.155. The molecule has 7 nitrogen and oxygen atoms in total. The largest absolute Gasteiger partial charge is 0.493 e. The number of carboxylic acid groups (broad SMARTS) is 1. The maximum Gasteiger partial charge on any atom is 0.329 e. The molecule has 132 valence electrons. The third kappa shape index (κ3) is 3.11. The standard InChI is InChI=1S/C17H23NO6/c1-17(16(20)21)6-5-7-18(17)14(19)10-11-8-12(22-2)15(24-4)13(9-11)23-3/h8-9H,5-7,10H2,1-4H3,(H,20,21). The predicted molar refractivity (Wildman–Crippen MR) is 86.8 cm³/mol. The molecular weight excluding hydrogens is 314 g/mol. The van der Waals surface area contributed by atoms with Gasteiger partial charge in [0.15, 0.2) is 11.5 Å². The number of rotatable bonds is 6. The van der Waals surface area contributed by atoms with Crippen LogP contribution in [0, 0.1) is 0 Å². The van der Waals surface area contributed by atoms with Gasteiger partial charge >= 0.3 is 5.97 Å². The topological polar surface area (TPSA) is 85.3 Å². The van der Waals surface area contributed by atoms with Crippen LogP contribution in [-0.2, 0) is 16.0 Å². The molecule has 1 amide bonds. The fourth-order valence-electron chi connectivity index (χ4n) is 3.09. The highest BCUT2D eigenvalue weighted by molar-refractivity contribution is 5.88. The Labute approximate surface area is 141 Å². The Hall–Kier alpha value is -2.44. The summed E-state index contributed by atoms with van der Waals surface area (Å²) in [6, 6.07) is 3.40. The molecule has 1 heterocycles. The summed E-state index contributed by atoms with van der Waals surface area (Å²) in [4.78, 5) is 25.6. The van der Waals surface area contributed by atoms with Gasteiger partial charge in [0.1, 0.15) is 5.54 Å². The number of amides is 1. The van der Waals surface area contributed by atoms with Gasteiger partial charge in [0.05, 0.1) is 27.8 Å². The first-order valence-electron chi connectivity index (χ1n) is 7.70. The average molecular weight is 337 g/mol. The zero-order valence-electron chi connectivity index (χ0n) is 14.4. The molecule has 1 N–H and O–H groups in total. The summed E-state index contributed by atoms with van der Waals surface area (Å²) in [6.07, 6.45) is 1.21. The molecule has 1 aromatic carbocycles. The summed E-state index contributed by atoms with van der Waals surface area (Å²) in [5, 5.41) is 9.44. The zero-order valence-corrected chi connectivity index (χ0v) is 14.4. The van der Waals surface area contributed by atoms with Crippen molar-refractivity contribution in [2.24, 2.45) is 0 Å². The lowest BCUT2D eigenvalue weighted by Gasteiger charge is -2.31. The van der Waals surface area contributed by atoms with Crippen molar-refractivity contribution in [3.05, 3.63) is 17.7 Å². The van der Waals surface area contributed by atoms with Gasteiger partial charge in [-0.2, -0.15) is 0 Å². The van der Waals surface area contributed by atoms with E-state index in [0.29, 0.717) is 42.2 Å². The highest BCUT2D eigenvalue weighted by atomic mass is 16.5. The highest BCUT2D eigenvalue weighted by Gasteiger charge is 2.45. The van der Waals surface area contributed by atoms with Gasteiger partial charge in [-0.15, -0.1) is 0 Å². The first-order valence-corrected chi connectivity index (χ1v) is 7.70. The van der Waals surface area contributed by atoms with Gasteiger partial charge < -0.3 is 24.2 Å². The first-order chi connectivity index (χ1) is 11.4. The van der Waals surface area contributed by atoms with Crippen molar-refractivity contribution >= 4 is 11.9 Å². The number of methoxy groups -OCH3 is 3. The van der Waals surface area contributed by atoms with Crippen molar-refractivity contribution in [3.8, 4) is 17.2 Å². The maximum atomic E-state index is 12.6. The van der Waals surface area contributed by atoms with Crippen molar-refractivity contribution < 1.29 is 28.9 Å². The van der Waals surface area contributed by atoms with E-state index < -0.39 is 11.5 Å². The Kier molecular flexibility index (Phi) is 5.21. The Morgan fingerprint density at radius 3 is 2.21 bits per heavy atom. The van der Waals surface area contributed by atoms with E-state index in [1.807, 2.05) is 0 Å². The number of hydrogen-bond acceptors (Lipinski definition) is 5. The van der Waals surface area contributed by atoms with Crippen LogP contribution in [0.2, 0.25) is 0 Å². The lowest BCUT2D eigenvalue weighted by Crippen LogP contribution is -2.51. The van der Waals surface area contributed by atoms with Crippen molar-refractivity contribution in [3.63, 3.8) is 0 Å². The number of benzene rings is 1. The minimum atomic E-state index is -1.14. The number of carbonyl (C=O) groups is 2. The Bertz CT molecular complexity index is 619. The number of carboxylic acids is 1. The third-order valence-corrected chi connectivity index (χ3v) is 4.48. The smallest absolute Gasteiger partial charge is 0.329 e. The highest BCUT2D eigenvalue weighted by Crippen LogP contribution is 2.38. The molecule has 1 saturated heterocycles. The van der Waals surface area contributed by atoms with Crippen LogP contribution in [0.1, 0.15) is 25.3 Å². The molecular formula is C17H23NO6. The van der Waals surface area contributed by atoms with Crippen LogP contribution in [0.25, 0.3) is 0 Å². The molecule has 0 radical (unpaired) electrons. The Morgan fingerprint density at radius 1 is 1.17 bits per heavy atom. The van der Waals surface area contributed by atoms with Gasteiger partial charge in [-0.25, -0.2) is 4.79 Å². The third-order valence-electron chi connectivity index (χ3n) is 4.48. The van der Waals surface area contributed by atoms with E-state index in [-0.39, 0.29) is 12.3 Å². The summed E-state index contributed by atoms with van der Waals surface area (Å²) in [5.41, 5.74) is -0.466. The lowest BCUT2D eigenvalue weighted by atomic mass is 9.98. The van der Waals surface area contributed by atoms with E-state index >= 15 is 0 Å². The number of aliphatic carboxylic acids is 1. The van der Waals surface area contributed by atoms with Crippen LogP contribution in [0.3, 0.4) is 0 Å². The van der Waals surface area contributed by atoms with Crippen LogP contribution in [-0.4, -0.2) is 55.3 Å². The number of hydrogen-bond donors (Lipinski definition) is 1. The van der Waals surface area contributed by atoms with Crippen LogP contribution >= 0.6 is 0 Å². The zero-order chi connectivity index (χ0) is 17.9. The van der Waals surface area contributed by atoms with Gasteiger partial charge in [-0.3, -0.25) is 4.79 Å². The Balaban J connectivity index is 2.27. The second-order valence-corrected chi connectivity index (χ2v) is 5.94. The normalized spacial score (nSPS) is 19.9. The summed E-state index contributed by atoms with van der Waals surface area (Å²) >= 11 is 0. The monoisotopic (exact) mass is 337 g/mol. The summed E-state index contributed by atoms with van der Waals surface area (Å²) < 4.78 is 15.8. The van der Waals surface area contributed by atoms with E-state index in [4.69, 9.17) is 14.2 Å². The SMILES string of the molecule is COc1cc(CC(=O)N2CCCC2(C)C(=O)O)cc(OC)c1OC. The molecule has 24 heavy (non-hydrogen) atoms. The molecule has 1 aliphatic heterocycles. The molecule has 0 saturated carbocycles. The molecule has 0 aliphatic carbocycles. The van der Waals surface area contributed by atoms with Gasteiger partial charge in [-0.05, 0) is 37.5 Å². The average Bonchev–Trinajstić information content (AvgIpc) is 2.97. The first kappa shape index (κ1) is 17.9. The van der Waals surface area contributed by atoms with Crippen molar-refractivity contribution in [1.29, 1.82) is 0 Å². The number of ether oxygens (including phenoxy) is 3. The van der Waals surface area contributed by atoms with Crippen molar-refractivity contribution in [2.45, 2.75) is 31.7 Å². The van der Waals surface area contributed by atoms with E-state index in [9.17, 15) is 14.7 Å². The van der Waals surface area contributed by atoms with Crippen molar-refractivity contribution in [1.82, 2.24) is 4.90 Å². The molecule has 0 spiro atoms. The fraction of sp³-hybridized carbons (Fsp3) is 0.529. The second-order valence-electron chi connectivity index (χ2n) is 5.94. The summed E-state index contributed by atoms with van der Waals surface area (Å²) in [5.74, 6) is 0.168. The minimum Gasteiger partial charge on any atom is -0.493 e. The van der Waals surface area contributed by atoms with Crippen molar-refractivity contribution in [2.75, 3.05) is 27.9 Å². The summed E-state index contributed by atoms with van der Waals surface area (Å²) in [6.45, 7) is 2.04. The van der Waals surface area contributed by atoms with Gasteiger partial charge in [-0.1, -0.05) is 0 Å². The number of carbonyl (C=O) groups excluding carboxylic acids is 1. The van der Waals surface area contributed by atoms with E-state index in [2.05, 4.69) is 0 Å². The molecule has 1 aliphatic rings. The molecule has 2 rings (SSSR count). The summed E-state index contributed by atoms with van der Waals surface area (Å²) in [7, 11) is 4.52. The molecule has 7 heteroatoms. The molecule has 1 atom stereocenters. The Morgan fingerprint density at radius 2 is 1.75 bits per heavy atom. The molecule has 0 bridgehead atoms. The van der Waals surface area contributed by atoms with Crippen LogP contribution in [0.5, 0.6) is 17.2 Å². The van der Waals surface area contributed by atoms with Crippen LogP contribution < -0.4 is 14.2 Å². The van der Waals surface area contributed by atoms with Crippen LogP contribution in [0.4, 0.5) is 0 Å². The number of nitrogens with zero attached hydrogens (tertiary/aromatic N) is 1. The molecule has 1 unspecified atom stereocenters. The fourth-order valence-corrected chi connectivity index (χ4v) is 3.09. The minimum absolute atomic E-state index is 0.0690. The van der Waals surface area contributed by atoms with E-state index in [1.54, 1.807) is 19.1 Å². The van der Waals surface area contributed by atoms with Crippen LogP contribution in [0.15, 0.2) is 12.1 Å². The van der Waals surface area contributed by atoms with Gasteiger partial charge in [0.2, 0.25) is 11.7 Å². The molecule has 1 fully saturated rings. The van der Waals surface area contributed by atoms with Gasteiger partial charge in [0.25, 0.3) is 0 Å². The van der Waals surface area contributed by atoms with E-state index in [1.165, 1.54) is 26.2 Å².